The third-order valence-corrected chi connectivity index (χ3v) is 2.65. The summed E-state index contributed by atoms with van der Waals surface area (Å²) in [4.78, 5) is 3.90. The van der Waals surface area contributed by atoms with E-state index in [1.165, 1.54) is 0 Å². The van der Waals surface area contributed by atoms with E-state index in [0.717, 1.165) is 5.56 Å². The molecule has 0 radical (unpaired) electrons. The molecule has 2 rings (SSSR count). The van der Waals surface area contributed by atoms with Crippen molar-refractivity contribution in [2.45, 2.75) is 6.61 Å². The van der Waals surface area contributed by atoms with Gasteiger partial charge in [-0.1, -0.05) is 11.6 Å². The second-order valence-electron chi connectivity index (χ2n) is 3.78. The zero-order chi connectivity index (χ0) is 13.7. The van der Waals surface area contributed by atoms with E-state index in [1.54, 1.807) is 37.6 Å². The zero-order valence-corrected chi connectivity index (χ0v) is 11.0. The van der Waals surface area contributed by atoms with Gasteiger partial charge in [0.25, 0.3) is 0 Å². The van der Waals surface area contributed by atoms with Crippen LogP contribution in [0.1, 0.15) is 11.1 Å². The third kappa shape index (κ3) is 3.60. The average Bonchev–Trinajstić information content (AvgIpc) is 2.44. The normalized spacial score (nSPS) is 9.74. The van der Waals surface area contributed by atoms with Gasteiger partial charge in [-0.3, -0.25) is 0 Å². The van der Waals surface area contributed by atoms with Crippen LogP contribution in [0.3, 0.4) is 0 Å². The second-order valence-corrected chi connectivity index (χ2v) is 4.17. The van der Waals surface area contributed by atoms with E-state index in [0.29, 0.717) is 28.8 Å². The molecule has 0 N–H and O–H groups in total. The maximum absolute atomic E-state index is 8.92. The van der Waals surface area contributed by atoms with Gasteiger partial charge in [-0.15, -0.1) is 0 Å². The van der Waals surface area contributed by atoms with E-state index in [2.05, 4.69) is 11.1 Å². The Kier molecular flexibility index (Phi) is 4.22. The Balaban J connectivity index is 2.13. The highest BCUT2D eigenvalue weighted by molar-refractivity contribution is 6.29. The van der Waals surface area contributed by atoms with Crippen LogP contribution in [0.15, 0.2) is 36.5 Å². The maximum atomic E-state index is 8.92. The standard InChI is InChI=1S/C14H11ClN2O2/c1-18-12-4-11(8-16)5-13(7-12)19-9-10-2-3-17-14(15)6-10/h2-7H,9H2,1H3. The molecule has 0 spiro atoms. The lowest BCUT2D eigenvalue weighted by atomic mass is 10.2. The number of ether oxygens (including phenoxy) is 2. The first-order valence-electron chi connectivity index (χ1n) is 5.53. The van der Waals surface area contributed by atoms with Crippen molar-refractivity contribution in [3.8, 4) is 17.6 Å². The van der Waals surface area contributed by atoms with Crippen LogP contribution in [-0.4, -0.2) is 12.1 Å². The number of rotatable bonds is 4. The fraction of sp³-hybridized carbons (Fsp3) is 0.143. The van der Waals surface area contributed by atoms with Gasteiger partial charge >= 0.3 is 0 Å². The Bertz CT molecular complexity index is 623. The minimum Gasteiger partial charge on any atom is -0.497 e. The topological polar surface area (TPSA) is 55.1 Å². The van der Waals surface area contributed by atoms with Crippen molar-refractivity contribution in [2.24, 2.45) is 0 Å². The van der Waals surface area contributed by atoms with Gasteiger partial charge in [0.1, 0.15) is 23.3 Å². The predicted octanol–water partition coefficient (Wildman–Crippen LogP) is 3.19. The van der Waals surface area contributed by atoms with E-state index in [1.807, 2.05) is 6.07 Å². The Morgan fingerprint density at radius 1 is 1.26 bits per heavy atom. The van der Waals surface area contributed by atoms with Gasteiger partial charge in [-0.05, 0) is 29.8 Å². The first kappa shape index (κ1) is 13.2. The molecule has 1 aromatic carbocycles. The first-order valence-corrected chi connectivity index (χ1v) is 5.91. The van der Waals surface area contributed by atoms with E-state index in [9.17, 15) is 0 Å². The van der Waals surface area contributed by atoms with Crippen LogP contribution in [0.25, 0.3) is 0 Å². The van der Waals surface area contributed by atoms with Gasteiger partial charge in [-0.2, -0.15) is 5.26 Å². The second kappa shape index (κ2) is 6.07. The smallest absolute Gasteiger partial charge is 0.129 e. The van der Waals surface area contributed by atoms with Crippen LogP contribution >= 0.6 is 11.6 Å². The molecule has 96 valence electrons. The zero-order valence-electron chi connectivity index (χ0n) is 10.3. The lowest BCUT2D eigenvalue weighted by Crippen LogP contribution is -1.97. The fourth-order valence-corrected chi connectivity index (χ4v) is 1.73. The molecule has 1 aromatic heterocycles. The summed E-state index contributed by atoms with van der Waals surface area (Å²) in [5, 5.41) is 9.34. The van der Waals surface area contributed by atoms with Crippen molar-refractivity contribution in [1.29, 1.82) is 5.26 Å². The maximum Gasteiger partial charge on any atom is 0.129 e. The highest BCUT2D eigenvalue weighted by Crippen LogP contribution is 2.23. The van der Waals surface area contributed by atoms with Crippen molar-refractivity contribution in [3.63, 3.8) is 0 Å². The van der Waals surface area contributed by atoms with Crippen molar-refractivity contribution < 1.29 is 9.47 Å². The summed E-state index contributed by atoms with van der Waals surface area (Å²) in [6, 6.07) is 10.6. The minimum absolute atomic E-state index is 0.347. The molecule has 0 saturated heterocycles. The highest BCUT2D eigenvalue weighted by Gasteiger charge is 2.03. The van der Waals surface area contributed by atoms with Gasteiger partial charge in [0.15, 0.2) is 0 Å². The van der Waals surface area contributed by atoms with Crippen LogP contribution in [0.2, 0.25) is 5.15 Å². The summed E-state index contributed by atoms with van der Waals surface area (Å²) in [5.74, 6) is 1.16. The van der Waals surface area contributed by atoms with E-state index in [-0.39, 0.29) is 0 Å². The molecule has 19 heavy (non-hydrogen) atoms. The van der Waals surface area contributed by atoms with E-state index < -0.39 is 0 Å². The molecule has 0 atom stereocenters. The van der Waals surface area contributed by atoms with Crippen LogP contribution in [-0.2, 0) is 6.61 Å². The van der Waals surface area contributed by atoms with Crippen molar-refractivity contribution in [1.82, 2.24) is 4.98 Å². The molecule has 0 amide bonds. The first-order chi connectivity index (χ1) is 9.21. The number of hydrogen-bond donors (Lipinski definition) is 0. The number of halogens is 1. The third-order valence-electron chi connectivity index (χ3n) is 2.44. The highest BCUT2D eigenvalue weighted by atomic mass is 35.5. The molecule has 0 aliphatic carbocycles. The van der Waals surface area contributed by atoms with Crippen molar-refractivity contribution >= 4 is 11.6 Å². The lowest BCUT2D eigenvalue weighted by molar-refractivity contribution is 0.303. The summed E-state index contributed by atoms with van der Waals surface area (Å²) in [5.41, 5.74) is 1.39. The number of nitrogens with zero attached hydrogens (tertiary/aromatic N) is 2. The molecule has 5 heteroatoms. The van der Waals surface area contributed by atoms with Gasteiger partial charge < -0.3 is 9.47 Å². The van der Waals surface area contributed by atoms with Crippen LogP contribution in [0.5, 0.6) is 11.5 Å². The molecule has 0 aliphatic rings. The van der Waals surface area contributed by atoms with Crippen LogP contribution in [0.4, 0.5) is 0 Å². The van der Waals surface area contributed by atoms with Crippen LogP contribution in [0, 0.1) is 11.3 Å². The number of hydrogen-bond acceptors (Lipinski definition) is 4. The minimum atomic E-state index is 0.347. The van der Waals surface area contributed by atoms with Crippen molar-refractivity contribution in [3.05, 3.63) is 52.8 Å². The Hall–Kier alpha value is -2.25. The summed E-state index contributed by atoms with van der Waals surface area (Å²) in [7, 11) is 1.54. The number of pyridine rings is 1. The Labute approximate surface area is 116 Å². The largest absolute Gasteiger partial charge is 0.497 e. The Morgan fingerprint density at radius 3 is 2.74 bits per heavy atom. The number of nitriles is 1. The molecule has 0 fully saturated rings. The quantitative estimate of drug-likeness (QED) is 0.804. The Morgan fingerprint density at radius 2 is 2.05 bits per heavy atom. The molecule has 0 bridgehead atoms. The average molecular weight is 275 g/mol. The number of methoxy groups -OCH3 is 1. The molecule has 0 saturated carbocycles. The molecule has 4 nitrogen and oxygen atoms in total. The summed E-state index contributed by atoms with van der Waals surface area (Å²) in [6.07, 6.45) is 1.62. The number of aromatic nitrogens is 1. The van der Waals surface area contributed by atoms with E-state index in [4.69, 9.17) is 26.3 Å². The number of benzene rings is 1. The predicted molar refractivity (Wildman–Crippen MR) is 71.3 cm³/mol. The molecular weight excluding hydrogens is 264 g/mol. The monoisotopic (exact) mass is 274 g/mol. The van der Waals surface area contributed by atoms with Crippen molar-refractivity contribution in [2.75, 3.05) is 7.11 Å². The molecular formula is C14H11ClN2O2. The molecule has 0 aliphatic heterocycles. The van der Waals surface area contributed by atoms with Crippen LogP contribution < -0.4 is 9.47 Å². The van der Waals surface area contributed by atoms with E-state index >= 15 is 0 Å². The van der Waals surface area contributed by atoms with Gasteiger partial charge in [0.05, 0.1) is 18.7 Å². The SMILES string of the molecule is COc1cc(C#N)cc(OCc2ccnc(Cl)c2)c1. The van der Waals surface area contributed by atoms with Gasteiger partial charge in [-0.25, -0.2) is 4.98 Å². The van der Waals surface area contributed by atoms with Gasteiger partial charge in [0.2, 0.25) is 0 Å². The summed E-state index contributed by atoms with van der Waals surface area (Å²) < 4.78 is 10.7. The molecule has 2 aromatic rings. The lowest BCUT2D eigenvalue weighted by Gasteiger charge is -2.08. The summed E-state index contributed by atoms with van der Waals surface area (Å²) >= 11 is 5.79. The fourth-order valence-electron chi connectivity index (χ4n) is 1.54. The molecule has 0 unspecified atom stereocenters. The molecule has 1 heterocycles. The van der Waals surface area contributed by atoms with Gasteiger partial charge in [0, 0.05) is 12.3 Å². The summed E-state index contributed by atoms with van der Waals surface area (Å²) in [6.45, 7) is 0.347.